The summed E-state index contributed by atoms with van der Waals surface area (Å²) in [5.41, 5.74) is -0.336. The molecule has 1 aromatic carbocycles. The van der Waals surface area contributed by atoms with Crippen LogP contribution in [0.15, 0.2) is 30.5 Å². The summed E-state index contributed by atoms with van der Waals surface area (Å²) in [7, 11) is 0. The molecule has 0 atom stereocenters. The fraction of sp³-hybridized carbons (Fsp3) is 0.353. The predicted octanol–water partition coefficient (Wildman–Crippen LogP) is 3.77. The van der Waals surface area contributed by atoms with Crippen LogP contribution in [0.3, 0.4) is 0 Å². The highest BCUT2D eigenvalue weighted by molar-refractivity contribution is 6.28. The third-order valence-corrected chi connectivity index (χ3v) is 4.13. The van der Waals surface area contributed by atoms with E-state index in [1.54, 1.807) is 23.1 Å². The number of halogens is 4. The Morgan fingerprint density at radius 1 is 1.30 bits per heavy atom. The minimum absolute atomic E-state index is 0.0963. The number of nitrogens with one attached hydrogen (secondary N) is 1. The number of benzene rings is 1. The lowest BCUT2D eigenvalue weighted by Gasteiger charge is -2.22. The van der Waals surface area contributed by atoms with Gasteiger partial charge in [0.25, 0.3) is 0 Å². The number of rotatable bonds is 5. The molecule has 27 heavy (non-hydrogen) atoms. The van der Waals surface area contributed by atoms with E-state index >= 15 is 0 Å². The number of carbonyl (C=O) groups excluding carboxylic acids is 1. The molecular weight excluding hydrogens is 385 g/mol. The van der Waals surface area contributed by atoms with Crippen LogP contribution in [-0.4, -0.2) is 35.6 Å². The van der Waals surface area contributed by atoms with Gasteiger partial charge in [-0.15, -0.1) is 0 Å². The van der Waals surface area contributed by atoms with Gasteiger partial charge in [0.05, 0.1) is 18.7 Å². The van der Waals surface area contributed by atoms with Gasteiger partial charge in [0, 0.05) is 19.3 Å². The number of anilines is 2. The van der Waals surface area contributed by atoms with E-state index < -0.39 is 11.7 Å². The summed E-state index contributed by atoms with van der Waals surface area (Å²) in [5, 5.41) is 2.35. The van der Waals surface area contributed by atoms with E-state index in [0.717, 1.165) is 0 Å². The first kappa shape index (κ1) is 19.2. The maximum atomic E-state index is 13.0. The maximum absolute atomic E-state index is 13.0. The molecule has 1 N–H and O–H groups in total. The molecule has 0 aliphatic carbocycles. The second-order valence-electron chi connectivity index (χ2n) is 5.79. The lowest BCUT2D eigenvalue weighted by molar-refractivity contribution is -0.137. The Labute approximate surface area is 158 Å². The molecule has 1 amide bonds. The van der Waals surface area contributed by atoms with Gasteiger partial charge in [-0.2, -0.15) is 13.2 Å². The van der Waals surface area contributed by atoms with E-state index in [1.807, 2.05) is 6.07 Å². The van der Waals surface area contributed by atoms with E-state index in [-0.39, 0.29) is 30.0 Å². The van der Waals surface area contributed by atoms with Gasteiger partial charge in [-0.3, -0.25) is 4.79 Å². The van der Waals surface area contributed by atoms with Gasteiger partial charge in [0.1, 0.15) is 17.1 Å². The molecule has 0 spiro atoms. The standard InChI is InChI=1S/C17H16ClF3N4O2/c18-16-23-10-11(17(19,20)21)15(24-16)22-7-3-8-25-12-4-1-2-5-13(12)27-9-6-14(25)26/h1-2,4-5,10H,3,6-9H2,(H,22,23,24). The molecule has 0 saturated carbocycles. The van der Waals surface area contributed by atoms with Crippen molar-refractivity contribution in [3.63, 3.8) is 0 Å². The van der Waals surface area contributed by atoms with E-state index in [9.17, 15) is 18.0 Å². The molecule has 0 radical (unpaired) electrons. The zero-order valence-electron chi connectivity index (χ0n) is 14.1. The van der Waals surface area contributed by atoms with Crippen molar-refractivity contribution in [1.82, 2.24) is 9.97 Å². The van der Waals surface area contributed by atoms with Crippen LogP contribution in [0.4, 0.5) is 24.7 Å². The Morgan fingerprint density at radius 2 is 2.07 bits per heavy atom. The number of nitrogens with zero attached hydrogens (tertiary/aromatic N) is 3. The number of fused-ring (bicyclic) bond motifs is 1. The van der Waals surface area contributed by atoms with Crippen LogP contribution < -0.4 is 15.0 Å². The Kier molecular flexibility index (Phi) is 5.69. The van der Waals surface area contributed by atoms with Gasteiger partial charge >= 0.3 is 6.18 Å². The highest BCUT2D eigenvalue weighted by Gasteiger charge is 2.35. The predicted molar refractivity (Wildman–Crippen MR) is 94.1 cm³/mol. The highest BCUT2D eigenvalue weighted by atomic mass is 35.5. The van der Waals surface area contributed by atoms with Crippen LogP contribution in [0.5, 0.6) is 5.75 Å². The number of amides is 1. The number of ether oxygens (including phenoxy) is 1. The maximum Gasteiger partial charge on any atom is 0.421 e. The third-order valence-electron chi connectivity index (χ3n) is 3.95. The average molecular weight is 401 g/mol. The van der Waals surface area contributed by atoms with Crippen molar-refractivity contribution < 1.29 is 22.7 Å². The number of alkyl halides is 3. The smallest absolute Gasteiger partial charge is 0.421 e. The molecule has 0 unspecified atom stereocenters. The Balaban J connectivity index is 1.66. The van der Waals surface area contributed by atoms with Crippen molar-refractivity contribution in [1.29, 1.82) is 0 Å². The zero-order valence-corrected chi connectivity index (χ0v) is 14.8. The van der Waals surface area contributed by atoms with Crippen LogP contribution in [0.1, 0.15) is 18.4 Å². The number of hydrogen-bond donors (Lipinski definition) is 1. The van der Waals surface area contributed by atoms with Crippen molar-refractivity contribution in [2.75, 3.05) is 29.9 Å². The molecule has 3 rings (SSSR count). The second-order valence-corrected chi connectivity index (χ2v) is 6.13. The molecule has 0 fully saturated rings. The summed E-state index contributed by atoms with van der Waals surface area (Å²) in [4.78, 5) is 20.9. The topological polar surface area (TPSA) is 67.3 Å². The molecular formula is C17H16ClF3N4O2. The first-order valence-electron chi connectivity index (χ1n) is 8.22. The van der Waals surface area contributed by atoms with Gasteiger partial charge in [0.15, 0.2) is 0 Å². The molecule has 0 bridgehead atoms. The summed E-state index contributed by atoms with van der Waals surface area (Å²) >= 11 is 5.60. The molecule has 10 heteroatoms. The van der Waals surface area contributed by atoms with Crippen molar-refractivity contribution in [2.24, 2.45) is 0 Å². The summed E-state index contributed by atoms with van der Waals surface area (Å²) in [6.07, 6.45) is -3.31. The van der Waals surface area contributed by atoms with Crippen LogP contribution in [0.2, 0.25) is 5.28 Å². The quantitative estimate of drug-likeness (QED) is 0.611. The SMILES string of the molecule is O=C1CCOc2ccccc2N1CCCNc1nc(Cl)ncc1C(F)(F)F. The molecule has 1 aliphatic rings. The first-order chi connectivity index (χ1) is 12.9. The normalized spacial score (nSPS) is 14.4. The van der Waals surface area contributed by atoms with Crippen LogP contribution in [0, 0.1) is 0 Å². The Hall–Kier alpha value is -2.55. The minimum atomic E-state index is -4.59. The molecule has 1 aromatic heterocycles. The van der Waals surface area contributed by atoms with Crippen molar-refractivity contribution in [3.05, 3.63) is 41.3 Å². The summed E-state index contributed by atoms with van der Waals surface area (Å²) in [5.74, 6) is 0.132. The molecule has 6 nitrogen and oxygen atoms in total. The zero-order chi connectivity index (χ0) is 19.4. The molecule has 2 aromatic rings. The van der Waals surface area contributed by atoms with Crippen molar-refractivity contribution in [3.8, 4) is 5.75 Å². The first-order valence-corrected chi connectivity index (χ1v) is 8.60. The minimum Gasteiger partial charge on any atom is -0.491 e. The summed E-state index contributed by atoms with van der Waals surface area (Å²) in [6.45, 7) is 0.786. The van der Waals surface area contributed by atoms with E-state index in [1.165, 1.54) is 0 Å². The van der Waals surface area contributed by atoms with E-state index in [4.69, 9.17) is 16.3 Å². The molecule has 1 aliphatic heterocycles. The summed E-state index contributed by atoms with van der Waals surface area (Å²) < 4.78 is 44.6. The Morgan fingerprint density at radius 3 is 2.85 bits per heavy atom. The average Bonchev–Trinajstić information content (AvgIpc) is 2.76. The van der Waals surface area contributed by atoms with Crippen molar-refractivity contribution >= 4 is 29.0 Å². The van der Waals surface area contributed by atoms with Crippen LogP contribution in [0.25, 0.3) is 0 Å². The van der Waals surface area contributed by atoms with Gasteiger partial charge in [-0.05, 0) is 30.2 Å². The number of carbonyl (C=O) groups is 1. The van der Waals surface area contributed by atoms with Gasteiger partial charge in [-0.1, -0.05) is 12.1 Å². The molecule has 144 valence electrons. The van der Waals surface area contributed by atoms with Crippen molar-refractivity contribution in [2.45, 2.75) is 19.0 Å². The monoisotopic (exact) mass is 400 g/mol. The number of aromatic nitrogens is 2. The number of hydrogen-bond acceptors (Lipinski definition) is 5. The van der Waals surface area contributed by atoms with Gasteiger partial charge < -0.3 is 15.0 Å². The Bertz CT molecular complexity index is 832. The molecule has 0 saturated heterocycles. The van der Waals surface area contributed by atoms with Gasteiger partial charge in [0.2, 0.25) is 11.2 Å². The fourth-order valence-electron chi connectivity index (χ4n) is 2.71. The van der Waals surface area contributed by atoms with E-state index in [0.29, 0.717) is 37.2 Å². The largest absolute Gasteiger partial charge is 0.491 e. The van der Waals surface area contributed by atoms with Crippen LogP contribution in [-0.2, 0) is 11.0 Å². The van der Waals surface area contributed by atoms with E-state index in [2.05, 4.69) is 15.3 Å². The molecule has 2 heterocycles. The third kappa shape index (κ3) is 4.60. The highest BCUT2D eigenvalue weighted by Crippen LogP contribution is 2.34. The fourth-order valence-corrected chi connectivity index (χ4v) is 2.84. The van der Waals surface area contributed by atoms with Crippen LogP contribution >= 0.6 is 11.6 Å². The second kappa shape index (κ2) is 7.99. The lowest BCUT2D eigenvalue weighted by atomic mass is 10.2. The van der Waals surface area contributed by atoms with Gasteiger partial charge in [-0.25, -0.2) is 9.97 Å². The summed E-state index contributed by atoms with van der Waals surface area (Å²) in [6, 6.07) is 7.16. The number of para-hydroxylation sites is 2. The lowest BCUT2D eigenvalue weighted by Crippen LogP contribution is -2.32.